The predicted octanol–water partition coefficient (Wildman–Crippen LogP) is 3.56. The molecule has 0 amide bonds. The standard InChI is InChI=1S/C14H15F3N2O/c1-13(4-6-20-7-5-13)19-12-3-2-11(14(15,16)17)8-10(12)9-18/h2-3,8,19H,4-7H2,1H3. The van der Waals surface area contributed by atoms with Crippen LogP contribution in [0, 0.1) is 11.3 Å². The van der Waals surface area contributed by atoms with Gasteiger partial charge in [-0.25, -0.2) is 0 Å². The second kappa shape index (κ2) is 5.33. The maximum atomic E-state index is 12.6. The van der Waals surface area contributed by atoms with Crippen molar-refractivity contribution >= 4 is 5.69 Å². The minimum atomic E-state index is -4.44. The van der Waals surface area contributed by atoms with Crippen molar-refractivity contribution in [1.29, 1.82) is 5.26 Å². The first-order chi connectivity index (χ1) is 9.34. The number of nitrogens with zero attached hydrogens (tertiary/aromatic N) is 1. The van der Waals surface area contributed by atoms with Crippen molar-refractivity contribution in [3.8, 4) is 6.07 Å². The molecule has 0 aromatic heterocycles. The van der Waals surface area contributed by atoms with Crippen molar-refractivity contribution < 1.29 is 17.9 Å². The second-order valence-electron chi connectivity index (χ2n) is 5.17. The molecule has 1 aliphatic rings. The molecule has 2 rings (SSSR count). The van der Waals surface area contributed by atoms with Crippen LogP contribution < -0.4 is 5.32 Å². The van der Waals surface area contributed by atoms with Gasteiger partial charge in [-0.1, -0.05) is 0 Å². The highest BCUT2D eigenvalue weighted by Gasteiger charge is 2.32. The fourth-order valence-corrected chi connectivity index (χ4v) is 2.19. The Morgan fingerprint density at radius 1 is 1.30 bits per heavy atom. The van der Waals surface area contributed by atoms with Crippen LogP contribution in [-0.4, -0.2) is 18.8 Å². The highest BCUT2D eigenvalue weighted by atomic mass is 19.4. The zero-order chi connectivity index (χ0) is 14.8. The van der Waals surface area contributed by atoms with E-state index in [1.807, 2.05) is 13.0 Å². The summed E-state index contributed by atoms with van der Waals surface area (Å²) in [6.45, 7) is 3.19. The molecule has 0 unspecified atom stereocenters. The number of alkyl halides is 3. The van der Waals surface area contributed by atoms with Gasteiger partial charge in [-0.15, -0.1) is 0 Å². The normalized spacial score (nSPS) is 18.4. The number of nitriles is 1. The molecule has 0 saturated carbocycles. The van der Waals surface area contributed by atoms with Crippen molar-refractivity contribution in [2.45, 2.75) is 31.5 Å². The average molecular weight is 284 g/mol. The smallest absolute Gasteiger partial charge is 0.381 e. The predicted molar refractivity (Wildman–Crippen MR) is 68.2 cm³/mol. The third-order valence-corrected chi connectivity index (χ3v) is 3.50. The summed E-state index contributed by atoms with van der Waals surface area (Å²) in [6, 6.07) is 5.01. The van der Waals surface area contributed by atoms with Crippen molar-refractivity contribution in [1.82, 2.24) is 0 Å². The van der Waals surface area contributed by atoms with E-state index in [0.717, 1.165) is 25.0 Å². The summed E-state index contributed by atoms with van der Waals surface area (Å²) >= 11 is 0. The van der Waals surface area contributed by atoms with Gasteiger partial charge in [0.2, 0.25) is 0 Å². The van der Waals surface area contributed by atoms with Crippen LogP contribution in [0.25, 0.3) is 0 Å². The van der Waals surface area contributed by atoms with Crippen molar-refractivity contribution in [3.05, 3.63) is 29.3 Å². The number of hydrogen-bond acceptors (Lipinski definition) is 3. The molecule has 0 bridgehead atoms. The molecule has 1 aliphatic heterocycles. The summed E-state index contributed by atoms with van der Waals surface area (Å²) in [4.78, 5) is 0. The number of rotatable bonds is 2. The van der Waals surface area contributed by atoms with E-state index in [1.165, 1.54) is 6.07 Å². The fraction of sp³-hybridized carbons (Fsp3) is 0.500. The largest absolute Gasteiger partial charge is 0.416 e. The lowest BCUT2D eigenvalue weighted by molar-refractivity contribution is -0.137. The summed E-state index contributed by atoms with van der Waals surface area (Å²) in [5.41, 5.74) is -0.627. The fourth-order valence-electron chi connectivity index (χ4n) is 2.19. The monoisotopic (exact) mass is 284 g/mol. The number of halogens is 3. The summed E-state index contributed by atoms with van der Waals surface area (Å²) in [5.74, 6) is 0. The number of benzene rings is 1. The molecule has 20 heavy (non-hydrogen) atoms. The molecule has 0 spiro atoms. The second-order valence-corrected chi connectivity index (χ2v) is 5.17. The van der Waals surface area contributed by atoms with Gasteiger partial charge < -0.3 is 10.1 Å². The van der Waals surface area contributed by atoms with Gasteiger partial charge in [-0.2, -0.15) is 18.4 Å². The molecule has 1 heterocycles. The molecule has 3 nitrogen and oxygen atoms in total. The van der Waals surface area contributed by atoms with Crippen molar-refractivity contribution in [2.24, 2.45) is 0 Å². The Hall–Kier alpha value is -1.74. The topological polar surface area (TPSA) is 45.0 Å². The van der Waals surface area contributed by atoms with E-state index >= 15 is 0 Å². The molecule has 1 fully saturated rings. The van der Waals surface area contributed by atoms with Crippen molar-refractivity contribution in [2.75, 3.05) is 18.5 Å². The third kappa shape index (κ3) is 3.23. The summed E-state index contributed by atoms with van der Waals surface area (Å²) in [7, 11) is 0. The van der Waals surface area contributed by atoms with Crippen LogP contribution in [0.15, 0.2) is 18.2 Å². The Balaban J connectivity index is 2.26. The Morgan fingerprint density at radius 3 is 2.50 bits per heavy atom. The van der Waals surface area contributed by atoms with Crippen LogP contribution in [0.4, 0.5) is 18.9 Å². The van der Waals surface area contributed by atoms with Gasteiger partial charge in [0.1, 0.15) is 6.07 Å². The van der Waals surface area contributed by atoms with Gasteiger partial charge in [0, 0.05) is 18.8 Å². The van der Waals surface area contributed by atoms with Crippen LogP contribution in [0.2, 0.25) is 0 Å². The lowest BCUT2D eigenvalue weighted by Gasteiger charge is -2.35. The van der Waals surface area contributed by atoms with Crippen LogP contribution in [-0.2, 0) is 10.9 Å². The number of nitrogens with one attached hydrogen (secondary N) is 1. The van der Waals surface area contributed by atoms with Gasteiger partial charge >= 0.3 is 6.18 Å². The molecule has 0 atom stereocenters. The summed E-state index contributed by atoms with van der Waals surface area (Å²) < 4.78 is 43.1. The van der Waals surface area contributed by atoms with E-state index in [-0.39, 0.29) is 11.1 Å². The van der Waals surface area contributed by atoms with Gasteiger partial charge in [0.05, 0.1) is 16.8 Å². The number of anilines is 1. The van der Waals surface area contributed by atoms with Gasteiger partial charge in [0.15, 0.2) is 0 Å². The van der Waals surface area contributed by atoms with E-state index in [0.29, 0.717) is 18.9 Å². The van der Waals surface area contributed by atoms with Crippen molar-refractivity contribution in [3.63, 3.8) is 0 Å². The molecule has 0 aliphatic carbocycles. The molecule has 108 valence electrons. The highest BCUT2D eigenvalue weighted by Crippen LogP contribution is 2.33. The molecular formula is C14H15F3N2O. The van der Waals surface area contributed by atoms with E-state index in [9.17, 15) is 13.2 Å². The third-order valence-electron chi connectivity index (χ3n) is 3.50. The van der Waals surface area contributed by atoms with Crippen LogP contribution in [0.3, 0.4) is 0 Å². The first-order valence-corrected chi connectivity index (χ1v) is 6.31. The van der Waals surface area contributed by atoms with E-state index in [2.05, 4.69) is 5.32 Å². The highest BCUT2D eigenvalue weighted by molar-refractivity contribution is 5.60. The van der Waals surface area contributed by atoms with Crippen LogP contribution >= 0.6 is 0 Å². The van der Waals surface area contributed by atoms with E-state index in [4.69, 9.17) is 10.00 Å². The minimum Gasteiger partial charge on any atom is -0.381 e. The van der Waals surface area contributed by atoms with Gasteiger partial charge in [0.25, 0.3) is 0 Å². The Morgan fingerprint density at radius 2 is 1.95 bits per heavy atom. The molecule has 0 radical (unpaired) electrons. The lowest BCUT2D eigenvalue weighted by Crippen LogP contribution is -2.40. The first-order valence-electron chi connectivity index (χ1n) is 6.31. The first kappa shape index (κ1) is 14.7. The zero-order valence-electron chi connectivity index (χ0n) is 11.0. The molecule has 1 aromatic carbocycles. The minimum absolute atomic E-state index is 0.00698. The number of ether oxygens (including phenoxy) is 1. The summed E-state index contributed by atoms with van der Waals surface area (Å²) in [6.07, 6.45) is -2.94. The SMILES string of the molecule is CC1(Nc2ccc(C(F)(F)F)cc2C#N)CCOCC1. The molecule has 1 saturated heterocycles. The Kier molecular flexibility index (Phi) is 3.91. The zero-order valence-corrected chi connectivity index (χ0v) is 11.0. The lowest BCUT2D eigenvalue weighted by atomic mass is 9.91. The number of hydrogen-bond donors (Lipinski definition) is 1. The quantitative estimate of drug-likeness (QED) is 0.903. The Bertz CT molecular complexity index is 528. The van der Waals surface area contributed by atoms with Gasteiger partial charge in [-0.05, 0) is 38.0 Å². The molecule has 1 aromatic rings. The average Bonchev–Trinajstić information content (AvgIpc) is 2.38. The van der Waals surface area contributed by atoms with Gasteiger partial charge in [-0.3, -0.25) is 0 Å². The maximum absolute atomic E-state index is 12.6. The maximum Gasteiger partial charge on any atom is 0.416 e. The van der Waals surface area contributed by atoms with E-state index in [1.54, 1.807) is 0 Å². The summed E-state index contributed by atoms with van der Waals surface area (Å²) in [5, 5.41) is 12.2. The molecule has 6 heteroatoms. The van der Waals surface area contributed by atoms with Crippen LogP contribution in [0.1, 0.15) is 30.9 Å². The molecular weight excluding hydrogens is 269 g/mol. The molecule has 1 N–H and O–H groups in total. The van der Waals surface area contributed by atoms with Crippen LogP contribution in [0.5, 0.6) is 0 Å². The Labute approximate surface area is 115 Å². The van der Waals surface area contributed by atoms with E-state index < -0.39 is 11.7 Å².